The van der Waals surface area contributed by atoms with Crippen molar-refractivity contribution in [3.05, 3.63) is 28.5 Å². The summed E-state index contributed by atoms with van der Waals surface area (Å²) in [7, 11) is 0. The second kappa shape index (κ2) is 3.96. The third-order valence-electron chi connectivity index (χ3n) is 2.57. The molecule has 14 heavy (non-hydrogen) atoms. The predicted octanol–water partition coefficient (Wildman–Crippen LogP) is 1.46. The lowest BCUT2D eigenvalue weighted by atomic mass is 10.2. The summed E-state index contributed by atoms with van der Waals surface area (Å²) >= 11 is 3.33. The molecule has 1 aromatic heterocycles. The van der Waals surface area contributed by atoms with Gasteiger partial charge in [-0.15, -0.1) is 0 Å². The van der Waals surface area contributed by atoms with E-state index in [1.807, 2.05) is 18.2 Å². The number of hydrogen-bond donors (Lipinski definition) is 2. The van der Waals surface area contributed by atoms with Gasteiger partial charge in [-0.25, -0.2) is 4.98 Å². The van der Waals surface area contributed by atoms with Crippen molar-refractivity contribution in [2.45, 2.75) is 24.9 Å². The molecule has 2 rings (SSSR count). The number of hydrogen-bond acceptors (Lipinski definition) is 3. The lowest BCUT2D eigenvalue weighted by Gasteiger charge is -2.13. The molecule has 0 atom stereocenters. The van der Waals surface area contributed by atoms with Crippen molar-refractivity contribution in [2.24, 2.45) is 0 Å². The van der Waals surface area contributed by atoms with E-state index in [1.54, 1.807) is 0 Å². The first-order valence-electron chi connectivity index (χ1n) is 4.71. The first kappa shape index (κ1) is 10.1. The van der Waals surface area contributed by atoms with Gasteiger partial charge in [-0.2, -0.15) is 0 Å². The molecule has 3 nitrogen and oxygen atoms in total. The van der Waals surface area contributed by atoms with E-state index in [-0.39, 0.29) is 12.1 Å². The summed E-state index contributed by atoms with van der Waals surface area (Å²) in [4.78, 5) is 4.31. The van der Waals surface area contributed by atoms with E-state index in [4.69, 9.17) is 5.11 Å². The van der Waals surface area contributed by atoms with Crippen LogP contribution in [0.5, 0.6) is 0 Å². The van der Waals surface area contributed by atoms with Crippen molar-refractivity contribution in [3.8, 4) is 0 Å². The van der Waals surface area contributed by atoms with Crippen LogP contribution >= 0.6 is 15.9 Å². The minimum Gasteiger partial charge on any atom is -0.394 e. The molecule has 0 unspecified atom stereocenters. The molecule has 1 heterocycles. The zero-order chi connectivity index (χ0) is 10.0. The quantitative estimate of drug-likeness (QED) is 0.802. The molecule has 1 saturated carbocycles. The first-order valence-corrected chi connectivity index (χ1v) is 5.51. The van der Waals surface area contributed by atoms with Gasteiger partial charge in [0.15, 0.2) is 0 Å². The fourth-order valence-corrected chi connectivity index (χ4v) is 1.75. The van der Waals surface area contributed by atoms with E-state index < -0.39 is 0 Å². The maximum atomic E-state index is 9.10. The van der Waals surface area contributed by atoms with Gasteiger partial charge < -0.3 is 10.4 Å². The van der Waals surface area contributed by atoms with Crippen LogP contribution in [0, 0.1) is 0 Å². The SMILES string of the molecule is OCC1(NCc2cccc(Br)n2)CC1. The molecule has 1 fully saturated rings. The summed E-state index contributed by atoms with van der Waals surface area (Å²) in [6, 6.07) is 5.85. The van der Waals surface area contributed by atoms with Crippen molar-refractivity contribution in [3.63, 3.8) is 0 Å². The van der Waals surface area contributed by atoms with Crippen LogP contribution in [-0.2, 0) is 6.54 Å². The van der Waals surface area contributed by atoms with E-state index in [1.165, 1.54) is 0 Å². The monoisotopic (exact) mass is 256 g/mol. The van der Waals surface area contributed by atoms with Crippen molar-refractivity contribution < 1.29 is 5.11 Å². The van der Waals surface area contributed by atoms with Crippen LogP contribution in [0.25, 0.3) is 0 Å². The molecule has 0 spiro atoms. The molecule has 76 valence electrons. The number of rotatable bonds is 4. The smallest absolute Gasteiger partial charge is 0.106 e. The Morgan fingerprint density at radius 2 is 2.29 bits per heavy atom. The van der Waals surface area contributed by atoms with Crippen molar-refractivity contribution in [2.75, 3.05) is 6.61 Å². The van der Waals surface area contributed by atoms with Crippen LogP contribution in [0.3, 0.4) is 0 Å². The lowest BCUT2D eigenvalue weighted by molar-refractivity contribution is 0.229. The van der Waals surface area contributed by atoms with Crippen molar-refractivity contribution >= 4 is 15.9 Å². The van der Waals surface area contributed by atoms with Crippen LogP contribution in [-0.4, -0.2) is 22.2 Å². The zero-order valence-corrected chi connectivity index (χ0v) is 9.42. The van der Waals surface area contributed by atoms with Gasteiger partial charge in [0.25, 0.3) is 0 Å². The van der Waals surface area contributed by atoms with Crippen LogP contribution in [0.4, 0.5) is 0 Å². The lowest BCUT2D eigenvalue weighted by Crippen LogP contribution is -2.34. The van der Waals surface area contributed by atoms with Gasteiger partial charge in [0.05, 0.1) is 12.3 Å². The van der Waals surface area contributed by atoms with Crippen molar-refractivity contribution in [1.82, 2.24) is 10.3 Å². The maximum absolute atomic E-state index is 9.10. The molecule has 2 N–H and O–H groups in total. The maximum Gasteiger partial charge on any atom is 0.106 e. The Bertz CT molecular complexity index is 326. The Morgan fingerprint density at radius 1 is 1.50 bits per heavy atom. The second-order valence-corrected chi connectivity index (χ2v) is 4.56. The third kappa shape index (κ3) is 2.32. The Kier molecular flexibility index (Phi) is 2.85. The number of pyridine rings is 1. The highest BCUT2D eigenvalue weighted by atomic mass is 79.9. The molecule has 0 aliphatic heterocycles. The average Bonchev–Trinajstić information content (AvgIpc) is 2.96. The minimum atomic E-state index is -0.00992. The highest BCUT2D eigenvalue weighted by Crippen LogP contribution is 2.34. The fraction of sp³-hybridized carbons (Fsp3) is 0.500. The van der Waals surface area contributed by atoms with E-state index in [9.17, 15) is 0 Å². The Hall–Kier alpha value is -0.450. The summed E-state index contributed by atoms with van der Waals surface area (Å²) < 4.78 is 0.852. The highest BCUT2D eigenvalue weighted by Gasteiger charge is 2.41. The highest BCUT2D eigenvalue weighted by molar-refractivity contribution is 9.10. The predicted molar refractivity (Wildman–Crippen MR) is 57.8 cm³/mol. The first-order chi connectivity index (χ1) is 6.74. The number of aromatic nitrogens is 1. The molecule has 0 saturated heterocycles. The summed E-state index contributed by atoms with van der Waals surface area (Å²) in [5, 5.41) is 12.4. The molecule has 0 radical (unpaired) electrons. The van der Waals surface area contributed by atoms with Crippen LogP contribution < -0.4 is 5.32 Å². The molecule has 0 amide bonds. The van der Waals surface area contributed by atoms with Crippen molar-refractivity contribution in [1.29, 1.82) is 0 Å². The van der Waals surface area contributed by atoms with E-state index in [0.29, 0.717) is 0 Å². The molecule has 0 bridgehead atoms. The fourth-order valence-electron chi connectivity index (χ4n) is 1.37. The van der Waals surface area contributed by atoms with Crippen LogP contribution in [0.2, 0.25) is 0 Å². The molecule has 1 aromatic rings. The Balaban J connectivity index is 1.92. The number of halogens is 1. The number of nitrogens with zero attached hydrogens (tertiary/aromatic N) is 1. The molecule has 1 aliphatic carbocycles. The van der Waals surface area contributed by atoms with Gasteiger partial charge >= 0.3 is 0 Å². The topological polar surface area (TPSA) is 45.1 Å². The standard InChI is InChI=1S/C10H13BrN2O/c11-9-3-1-2-8(13-9)6-12-10(7-14)4-5-10/h1-3,12,14H,4-7H2. The van der Waals surface area contributed by atoms with Gasteiger partial charge in [-0.1, -0.05) is 6.07 Å². The van der Waals surface area contributed by atoms with Gasteiger partial charge in [-0.3, -0.25) is 0 Å². The second-order valence-electron chi connectivity index (χ2n) is 3.74. The molecular formula is C10H13BrN2O. The summed E-state index contributed by atoms with van der Waals surface area (Å²) in [6.45, 7) is 0.945. The average molecular weight is 257 g/mol. The molecular weight excluding hydrogens is 244 g/mol. The Morgan fingerprint density at radius 3 is 2.86 bits per heavy atom. The molecule has 4 heteroatoms. The normalized spacial score (nSPS) is 18.1. The van der Waals surface area contributed by atoms with Gasteiger partial charge in [0.1, 0.15) is 4.60 Å². The number of aliphatic hydroxyl groups excluding tert-OH is 1. The van der Waals surface area contributed by atoms with E-state index >= 15 is 0 Å². The molecule has 0 aromatic carbocycles. The van der Waals surface area contributed by atoms with E-state index in [2.05, 4.69) is 26.2 Å². The van der Waals surface area contributed by atoms with E-state index in [0.717, 1.165) is 29.7 Å². The molecule has 1 aliphatic rings. The van der Waals surface area contributed by atoms with Crippen LogP contribution in [0.1, 0.15) is 18.5 Å². The van der Waals surface area contributed by atoms with Gasteiger partial charge in [-0.05, 0) is 40.9 Å². The summed E-state index contributed by atoms with van der Waals surface area (Å²) in [6.07, 6.45) is 2.13. The number of aliphatic hydroxyl groups is 1. The summed E-state index contributed by atoms with van der Waals surface area (Å²) in [5.41, 5.74) is 0.989. The summed E-state index contributed by atoms with van der Waals surface area (Å²) in [5.74, 6) is 0. The Labute approximate surface area is 91.7 Å². The minimum absolute atomic E-state index is 0.00992. The van der Waals surface area contributed by atoms with Gasteiger partial charge in [0.2, 0.25) is 0 Å². The largest absolute Gasteiger partial charge is 0.394 e. The zero-order valence-electron chi connectivity index (χ0n) is 7.83. The van der Waals surface area contributed by atoms with Gasteiger partial charge in [0, 0.05) is 12.1 Å². The number of nitrogens with one attached hydrogen (secondary N) is 1. The third-order valence-corrected chi connectivity index (χ3v) is 3.02. The van der Waals surface area contributed by atoms with Crippen LogP contribution in [0.15, 0.2) is 22.8 Å².